The lowest BCUT2D eigenvalue weighted by Crippen LogP contribution is -2.52. The molecular weight excluding hydrogens is 553 g/mol. The van der Waals surface area contributed by atoms with E-state index in [2.05, 4.69) is 16.0 Å². The molecule has 4 N–H and O–H groups in total. The number of ether oxygens (including phenoxy) is 1. The Balaban J connectivity index is 1.79. The molecule has 1 heterocycles. The Hall–Kier alpha value is -2.81. The van der Waals surface area contributed by atoms with Gasteiger partial charge in [-0.25, -0.2) is 4.79 Å². The van der Waals surface area contributed by atoms with Gasteiger partial charge in [0.25, 0.3) is 0 Å². The normalized spacial score (nSPS) is 17.6. The van der Waals surface area contributed by atoms with Gasteiger partial charge in [-0.05, 0) is 60.6 Å². The van der Waals surface area contributed by atoms with Crippen molar-refractivity contribution in [3.63, 3.8) is 0 Å². The lowest BCUT2D eigenvalue weighted by atomic mass is 9.76. The number of carbonyl (C=O) groups excluding carboxylic acids is 3. The molecule has 218 valence electrons. The molecule has 40 heavy (non-hydrogen) atoms. The van der Waals surface area contributed by atoms with Gasteiger partial charge in [0.05, 0.1) is 12.6 Å². The number of alkyl carbamates (subject to hydrolysis) is 1. The van der Waals surface area contributed by atoms with Crippen molar-refractivity contribution in [2.75, 3.05) is 13.2 Å². The molecule has 1 unspecified atom stereocenters. The number of hydrogen-bond acceptors (Lipinski definition) is 5. The summed E-state index contributed by atoms with van der Waals surface area (Å²) in [7, 11) is 0. The Morgan fingerprint density at radius 3 is 2.38 bits per heavy atom. The molecule has 0 aromatic heterocycles. The molecule has 1 fully saturated rings. The maximum atomic E-state index is 13.3. The van der Waals surface area contributed by atoms with Crippen molar-refractivity contribution in [1.82, 2.24) is 16.0 Å². The van der Waals surface area contributed by atoms with Crippen molar-refractivity contribution in [2.24, 2.45) is 11.8 Å². The molecule has 0 spiro atoms. The summed E-state index contributed by atoms with van der Waals surface area (Å²) in [6.07, 6.45) is -0.172. The number of amides is 3. The van der Waals surface area contributed by atoms with Crippen LogP contribution >= 0.6 is 23.2 Å². The highest BCUT2D eigenvalue weighted by atomic mass is 35.5. The fourth-order valence-corrected chi connectivity index (χ4v) is 5.31. The Bertz CT molecular complexity index is 1170. The summed E-state index contributed by atoms with van der Waals surface area (Å²) in [5.41, 5.74) is 0.894. The average Bonchev–Trinajstić information content (AvgIpc) is 3.30. The SMILES string of the molecule is CC(C)C[C@H](NC(=O)OC(c1ccc(Cl)cc1)C(C)(C)c1cccc(Cl)c1)C(=O)N[C@H](CO)C[C@@H]1CCNC1=O. The van der Waals surface area contributed by atoms with E-state index in [-0.39, 0.29) is 24.3 Å². The molecule has 1 saturated heterocycles. The number of nitrogens with one attached hydrogen (secondary N) is 3. The van der Waals surface area contributed by atoms with E-state index < -0.39 is 35.6 Å². The Labute approximate surface area is 246 Å². The van der Waals surface area contributed by atoms with E-state index in [0.29, 0.717) is 35.9 Å². The van der Waals surface area contributed by atoms with Gasteiger partial charge in [0.1, 0.15) is 12.1 Å². The molecule has 0 bridgehead atoms. The molecule has 10 heteroatoms. The Kier molecular flexibility index (Phi) is 11.3. The summed E-state index contributed by atoms with van der Waals surface area (Å²) in [6, 6.07) is 12.9. The minimum atomic E-state index is -0.904. The third-order valence-electron chi connectivity index (χ3n) is 7.24. The van der Waals surface area contributed by atoms with Crippen LogP contribution in [0.5, 0.6) is 0 Å². The largest absolute Gasteiger partial charge is 0.440 e. The van der Waals surface area contributed by atoms with Crippen molar-refractivity contribution in [2.45, 2.75) is 70.6 Å². The van der Waals surface area contributed by atoms with E-state index in [4.69, 9.17) is 27.9 Å². The van der Waals surface area contributed by atoms with Gasteiger partial charge in [0.2, 0.25) is 11.8 Å². The van der Waals surface area contributed by atoms with Crippen LogP contribution in [0.4, 0.5) is 4.79 Å². The van der Waals surface area contributed by atoms with Crippen LogP contribution in [0.2, 0.25) is 10.0 Å². The highest BCUT2D eigenvalue weighted by Crippen LogP contribution is 2.40. The quantitative estimate of drug-likeness (QED) is 0.272. The predicted molar refractivity (Wildman–Crippen MR) is 156 cm³/mol. The fourth-order valence-electron chi connectivity index (χ4n) is 4.99. The summed E-state index contributed by atoms with van der Waals surface area (Å²) in [5.74, 6) is -0.712. The molecule has 0 saturated carbocycles. The van der Waals surface area contributed by atoms with E-state index in [0.717, 1.165) is 11.1 Å². The van der Waals surface area contributed by atoms with Crippen molar-refractivity contribution in [3.05, 3.63) is 69.7 Å². The zero-order valence-corrected chi connectivity index (χ0v) is 24.9. The second-order valence-corrected chi connectivity index (χ2v) is 12.2. The average molecular weight is 593 g/mol. The molecule has 8 nitrogen and oxygen atoms in total. The minimum Gasteiger partial charge on any atom is -0.440 e. The van der Waals surface area contributed by atoms with E-state index in [9.17, 15) is 19.5 Å². The van der Waals surface area contributed by atoms with Crippen LogP contribution in [-0.2, 0) is 19.7 Å². The Morgan fingerprint density at radius 1 is 1.10 bits per heavy atom. The third kappa shape index (κ3) is 8.59. The summed E-state index contributed by atoms with van der Waals surface area (Å²) >= 11 is 12.4. The van der Waals surface area contributed by atoms with Gasteiger partial charge in [-0.3, -0.25) is 9.59 Å². The number of aliphatic hydroxyl groups excluding tert-OH is 1. The van der Waals surface area contributed by atoms with E-state index in [1.807, 2.05) is 45.9 Å². The first-order chi connectivity index (χ1) is 18.9. The van der Waals surface area contributed by atoms with Crippen molar-refractivity contribution in [1.29, 1.82) is 0 Å². The van der Waals surface area contributed by atoms with E-state index in [1.54, 1.807) is 30.3 Å². The number of hydrogen-bond donors (Lipinski definition) is 4. The first kappa shape index (κ1) is 31.7. The number of carbonyl (C=O) groups is 3. The lowest BCUT2D eigenvalue weighted by Gasteiger charge is -2.35. The molecule has 2 aromatic carbocycles. The van der Waals surface area contributed by atoms with Crippen LogP contribution in [0, 0.1) is 11.8 Å². The number of aliphatic hydroxyl groups is 1. The van der Waals surface area contributed by atoms with Crippen molar-refractivity contribution < 1.29 is 24.2 Å². The maximum absolute atomic E-state index is 13.3. The lowest BCUT2D eigenvalue weighted by molar-refractivity contribution is -0.126. The van der Waals surface area contributed by atoms with Crippen LogP contribution < -0.4 is 16.0 Å². The van der Waals surface area contributed by atoms with Crippen LogP contribution in [0.25, 0.3) is 0 Å². The van der Waals surface area contributed by atoms with Crippen molar-refractivity contribution in [3.8, 4) is 0 Å². The van der Waals surface area contributed by atoms with Gasteiger partial charge in [-0.1, -0.05) is 75.2 Å². The van der Waals surface area contributed by atoms with E-state index in [1.165, 1.54) is 0 Å². The maximum Gasteiger partial charge on any atom is 0.408 e. The van der Waals surface area contributed by atoms with Gasteiger partial charge >= 0.3 is 6.09 Å². The van der Waals surface area contributed by atoms with Gasteiger partial charge in [0, 0.05) is 27.9 Å². The second-order valence-electron chi connectivity index (χ2n) is 11.3. The molecule has 3 amide bonds. The number of rotatable bonds is 12. The van der Waals surface area contributed by atoms with Gasteiger partial charge in [0.15, 0.2) is 0 Å². The third-order valence-corrected chi connectivity index (χ3v) is 7.72. The molecule has 3 rings (SSSR count). The highest BCUT2D eigenvalue weighted by Gasteiger charge is 2.37. The summed E-state index contributed by atoms with van der Waals surface area (Å²) in [6.45, 7) is 8.06. The van der Waals surface area contributed by atoms with Gasteiger partial charge < -0.3 is 25.8 Å². The van der Waals surface area contributed by atoms with Crippen LogP contribution in [0.1, 0.15) is 64.2 Å². The van der Waals surface area contributed by atoms with Gasteiger partial charge in [-0.2, -0.15) is 0 Å². The molecule has 2 aromatic rings. The number of halogens is 2. The molecule has 1 aliphatic heterocycles. The van der Waals surface area contributed by atoms with Crippen LogP contribution in [-0.4, -0.2) is 48.2 Å². The zero-order valence-electron chi connectivity index (χ0n) is 23.4. The minimum absolute atomic E-state index is 0.0799. The highest BCUT2D eigenvalue weighted by molar-refractivity contribution is 6.30. The van der Waals surface area contributed by atoms with E-state index >= 15 is 0 Å². The predicted octanol–water partition coefficient (Wildman–Crippen LogP) is 5.16. The second kappa shape index (κ2) is 14.2. The first-order valence-corrected chi connectivity index (χ1v) is 14.3. The topological polar surface area (TPSA) is 117 Å². The van der Waals surface area contributed by atoms with Crippen LogP contribution in [0.3, 0.4) is 0 Å². The zero-order chi connectivity index (χ0) is 29.4. The molecular formula is C30H39Cl2N3O5. The van der Waals surface area contributed by atoms with Gasteiger partial charge in [-0.15, -0.1) is 0 Å². The molecule has 1 aliphatic rings. The van der Waals surface area contributed by atoms with Crippen LogP contribution in [0.15, 0.2) is 48.5 Å². The van der Waals surface area contributed by atoms with Crippen molar-refractivity contribution >= 4 is 41.1 Å². The summed E-state index contributed by atoms with van der Waals surface area (Å²) < 4.78 is 6.03. The summed E-state index contributed by atoms with van der Waals surface area (Å²) in [5, 5.41) is 19.3. The molecule has 4 atom stereocenters. The summed E-state index contributed by atoms with van der Waals surface area (Å²) in [4.78, 5) is 38.6. The standard InChI is InChI=1S/C30H39Cl2N3O5/c1-18(2)14-25(28(38)34-24(17-36)15-20-12-13-33-27(20)37)35-29(39)40-26(19-8-10-22(31)11-9-19)30(3,4)21-6-5-7-23(32)16-21/h5-11,16,18,20,24-26,36H,12-15,17H2,1-4H3,(H,33,37)(H,34,38)(H,35,39)/t20-,24-,25-,26?/m0/s1. The molecule has 0 radical (unpaired) electrons. The first-order valence-electron chi connectivity index (χ1n) is 13.6. The molecule has 0 aliphatic carbocycles. The fraction of sp³-hybridized carbons (Fsp3) is 0.500. The smallest absolute Gasteiger partial charge is 0.408 e. The number of benzene rings is 2. The monoisotopic (exact) mass is 591 g/mol. The Morgan fingerprint density at radius 2 is 1.80 bits per heavy atom.